The van der Waals surface area contributed by atoms with Gasteiger partial charge in [-0.15, -0.1) is 0 Å². The van der Waals surface area contributed by atoms with Gasteiger partial charge < -0.3 is 4.48 Å². The van der Waals surface area contributed by atoms with E-state index in [0.717, 1.165) is 12.0 Å². The molecule has 1 unspecified atom stereocenters. The molecule has 1 nitrogen and oxygen atoms in total. The molecule has 0 aromatic rings. The molecule has 2 rings (SSSR count). The smallest absolute Gasteiger partial charge is 0.0893 e. The molecular formula is C9H18N+. The van der Waals surface area contributed by atoms with Crippen molar-refractivity contribution in [3.8, 4) is 0 Å². The minimum absolute atomic E-state index is 1.04. The van der Waals surface area contributed by atoms with Crippen molar-refractivity contribution in [2.75, 3.05) is 20.1 Å². The molecule has 0 amide bonds. The lowest BCUT2D eigenvalue weighted by Crippen LogP contribution is -2.49. The SMILES string of the molecule is CC[N+]1(C)C[C@@H]2CC[C@H]1C2. The van der Waals surface area contributed by atoms with Crippen molar-refractivity contribution in [2.45, 2.75) is 32.2 Å². The van der Waals surface area contributed by atoms with Gasteiger partial charge in [-0.25, -0.2) is 0 Å². The Morgan fingerprint density at radius 2 is 2.20 bits per heavy atom. The van der Waals surface area contributed by atoms with E-state index in [1.807, 2.05) is 0 Å². The lowest BCUT2D eigenvalue weighted by atomic mass is 10.1. The second kappa shape index (κ2) is 1.97. The van der Waals surface area contributed by atoms with Gasteiger partial charge in [-0.3, -0.25) is 0 Å². The van der Waals surface area contributed by atoms with Crippen molar-refractivity contribution in [3.05, 3.63) is 0 Å². The summed E-state index contributed by atoms with van der Waals surface area (Å²) in [7, 11) is 2.43. The van der Waals surface area contributed by atoms with Crippen molar-refractivity contribution in [3.63, 3.8) is 0 Å². The normalized spacial score (nSPS) is 52.2. The number of rotatable bonds is 1. The minimum atomic E-state index is 1.04. The quantitative estimate of drug-likeness (QED) is 0.486. The van der Waals surface area contributed by atoms with Crippen molar-refractivity contribution >= 4 is 0 Å². The highest BCUT2D eigenvalue weighted by atomic mass is 15.4. The number of nitrogens with zero attached hydrogens (tertiary/aromatic N) is 1. The average Bonchev–Trinajstić information content (AvgIpc) is 2.46. The molecule has 2 bridgehead atoms. The van der Waals surface area contributed by atoms with Crippen LogP contribution in [-0.2, 0) is 0 Å². The molecule has 1 heteroatoms. The van der Waals surface area contributed by atoms with Crippen LogP contribution in [0.1, 0.15) is 26.2 Å². The van der Waals surface area contributed by atoms with E-state index < -0.39 is 0 Å². The first-order chi connectivity index (χ1) is 4.74. The van der Waals surface area contributed by atoms with Crippen LogP contribution in [0.4, 0.5) is 0 Å². The van der Waals surface area contributed by atoms with Crippen LogP contribution in [-0.4, -0.2) is 30.7 Å². The number of hydrogen-bond acceptors (Lipinski definition) is 0. The van der Waals surface area contributed by atoms with E-state index in [1.165, 1.54) is 36.8 Å². The van der Waals surface area contributed by atoms with Gasteiger partial charge in [0, 0.05) is 12.3 Å². The van der Waals surface area contributed by atoms with E-state index in [0.29, 0.717) is 0 Å². The Morgan fingerprint density at radius 1 is 1.40 bits per heavy atom. The van der Waals surface area contributed by atoms with Crippen LogP contribution in [0.5, 0.6) is 0 Å². The molecule has 2 aliphatic rings. The molecule has 2 fully saturated rings. The molecule has 0 aromatic carbocycles. The molecule has 0 N–H and O–H groups in total. The standard InChI is InChI=1S/C9H18N/c1-3-10(2)7-8-4-5-9(10)6-8/h8-9H,3-7H2,1-2H3/q+1/t8-,9+,10?/m1/s1. The van der Waals surface area contributed by atoms with Crippen LogP contribution in [0.2, 0.25) is 0 Å². The predicted molar refractivity (Wildman–Crippen MR) is 42.7 cm³/mol. The summed E-state index contributed by atoms with van der Waals surface area (Å²) in [5.41, 5.74) is 0. The van der Waals surface area contributed by atoms with Crippen molar-refractivity contribution < 1.29 is 4.48 Å². The summed E-state index contributed by atoms with van der Waals surface area (Å²) in [4.78, 5) is 0. The number of piperidine rings is 1. The molecule has 1 saturated carbocycles. The van der Waals surface area contributed by atoms with Gasteiger partial charge in [-0.05, 0) is 19.8 Å². The van der Waals surface area contributed by atoms with E-state index in [9.17, 15) is 0 Å². The number of hydrogen-bond donors (Lipinski definition) is 0. The summed E-state index contributed by atoms with van der Waals surface area (Å²) < 4.78 is 1.38. The lowest BCUT2D eigenvalue weighted by molar-refractivity contribution is -0.924. The van der Waals surface area contributed by atoms with E-state index in [1.54, 1.807) is 0 Å². The summed E-state index contributed by atoms with van der Waals surface area (Å²) in [6.45, 7) is 5.16. The molecule has 3 atom stereocenters. The van der Waals surface area contributed by atoms with E-state index in [4.69, 9.17) is 0 Å². The zero-order valence-corrected chi connectivity index (χ0v) is 7.14. The fourth-order valence-electron chi connectivity index (χ4n) is 2.91. The Bertz CT molecular complexity index is 144. The van der Waals surface area contributed by atoms with Crippen LogP contribution >= 0.6 is 0 Å². The van der Waals surface area contributed by atoms with Crippen LogP contribution < -0.4 is 0 Å². The van der Waals surface area contributed by atoms with Crippen LogP contribution in [0.3, 0.4) is 0 Å². The lowest BCUT2D eigenvalue weighted by Gasteiger charge is -2.37. The monoisotopic (exact) mass is 140 g/mol. The Morgan fingerprint density at radius 3 is 2.50 bits per heavy atom. The first-order valence-electron chi connectivity index (χ1n) is 4.59. The molecule has 0 radical (unpaired) electrons. The molecule has 1 aliphatic carbocycles. The van der Waals surface area contributed by atoms with Gasteiger partial charge in [0.05, 0.1) is 26.2 Å². The Balaban J connectivity index is 2.14. The summed E-state index contributed by atoms with van der Waals surface area (Å²) in [5.74, 6) is 1.09. The second-order valence-corrected chi connectivity index (χ2v) is 4.31. The highest BCUT2D eigenvalue weighted by Gasteiger charge is 2.47. The van der Waals surface area contributed by atoms with Crippen LogP contribution in [0, 0.1) is 5.92 Å². The summed E-state index contributed by atoms with van der Waals surface area (Å²) in [5, 5.41) is 0. The van der Waals surface area contributed by atoms with Gasteiger partial charge in [0.15, 0.2) is 0 Å². The predicted octanol–water partition coefficient (Wildman–Crippen LogP) is 1.64. The third-order valence-corrected chi connectivity index (χ3v) is 3.79. The highest BCUT2D eigenvalue weighted by Crippen LogP contribution is 2.41. The minimum Gasteiger partial charge on any atom is -0.324 e. The molecular weight excluding hydrogens is 122 g/mol. The van der Waals surface area contributed by atoms with Gasteiger partial charge >= 0.3 is 0 Å². The molecule has 1 saturated heterocycles. The molecule has 0 spiro atoms. The largest absolute Gasteiger partial charge is 0.324 e. The van der Waals surface area contributed by atoms with Gasteiger partial charge in [0.2, 0.25) is 0 Å². The van der Waals surface area contributed by atoms with E-state index in [-0.39, 0.29) is 0 Å². The second-order valence-electron chi connectivity index (χ2n) is 4.31. The molecule has 1 aliphatic heterocycles. The van der Waals surface area contributed by atoms with E-state index in [2.05, 4.69) is 14.0 Å². The summed E-state index contributed by atoms with van der Waals surface area (Å²) in [6.07, 6.45) is 4.57. The molecule has 1 heterocycles. The maximum absolute atomic E-state index is 2.43. The number of likely N-dealkylation sites (tertiary alicyclic amines) is 1. The van der Waals surface area contributed by atoms with Gasteiger partial charge in [0.1, 0.15) is 0 Å². The van der Waals surface area contributed by atoms with Gasteiger partial charge in [-0.1, -0.05) is 0 Å². The Hall–Kier alpha value is -0.0400. The van der Waals surface area contributed by atoms with Gasteiger partial charge in [-0.2, -0.15) is 0 Å². The average molecular weight is 140 g/mol. The fourth-order valence-corrected chi connectivity index (χ4v) is 2.91. The van der Waals surface area contributed by atoms with E-state index >= 15 is 0 Å². The fraction of sp³-hybridized carbons (Fsp3) is 1.00. The van der Waals surface area contributed by atoms with Gasteiger partial charge in [0.25, 0.3) is 0 Å². The topological polar surface area (TPSA) is 0 Å². The zero-order valence-electron chi connectivity index (χ0n) is 7.14. The maximum atomic E-state index is 2.43. The maximum Gasteiger partial charge on any atom is 0.0893 e. The Labute approximate surface area is 63.6 Å². The molecule has 0 aromatic heterocycles. The highest BCUT2D eigenvalue weighted by molar-refractivity contribution is 4.82. The van der Waals surface area contributed by atoms with Crippen molar-refractivity contribution in [1.29, 1.82) is 0 Å². The first-order valence-corrected chi connectivity index (χ1v) is 4.59. The number of fused-ring (bicyclic) bond motifs is 2. The Kier molecular flexibility index (Phi) is 1.31. The van der Waals surface area contributed by atoms with Crippen molar-refractivity contribution in [2.24, 2.45) is 5.92 Å². The third-order valence-electron chi connectivity index (χ3n) is 3.79. The zero-order chi connectivity index (χ0) is 7.19. The summed E-state index contributed by atoms with van der Waals surface area (Å²) >= 11 is 0. The summed E-state index contributed by atoms with van der Waals surface area (Å²) in [6, 6.07) is 1.04. The van der Waals surface area contributed by atoms with Crippen molar-refractivity contribution in [1.82, 2.24) is 0 Å². The number of quaternary nitrogens is 1. The van der Waals surface area contributed by atoms with Crippen LogP contribution in [0.15, 0.2) is 0 Å². The first kappa shape index (κ1) is 6.66. The molecule has 10 heavy (non-hydrogen) atoms. The third kappa shape index (κ3) is 0.731. The molecule has 58 valence electrons. The van der Waals surface area contributed by atoms with Crippen LogP contribution in [0.25, 0.3) is 0 Å².